The molecule has 1 aliphatic carbocycles. The van der Waals surface area contributed by atoms with E-state index in [-0.39, 0.29) is 12.0 Å². The zero-order valence-corrected chi connectivity index (χ0v) is 28.2. The molecule has 1 saturated heterocycles. The van der Waals surface area contributed by atoms with Crippen LogP contribution in [0.15, 0.2) is 66.4 Å². The lowest BCUT2D eigenvalue weighted by molar-refractivity contribution is 0.0458. The fourth-order valence-electron chi connectivity index (χ4n) is 6.55. The summed E-state index contributed by atoms with van der Waals surface area (Å²) in [6.45, 7) is 5.86. The molecular weight excluding hydrogens is 584 g/mol. The smallest absolute Gasteiger partial charge is 0.203 e. The fraction of sp³-hybridized carbons (Fsp3) is 0.444. The molecule has 2 aromatic heterocycles. The summed E-state index contributed by atoms with van der Waals surface area (Å²) < 4.78 is 33.7. The van der Waals surface area contributed by atoms with E-state index in [9.17, 15) is 0 Å². The quantitative estimate of drug-likeness (QED) is 0.244. The van der Waals surface area contributed by atoms with Gasteiger partial charge in [0.25, 0.3) is 0 Å². The summed E-state index contributed by atoms with van der Waals surface area (Å²) in [4.78, 5) is 14.3. The molecule has 3 unspecified atom stereocenters. The average Bonchev–Trinajstić information content (AvgIpc) is 3.56. The number of likely N-dealkylation sites (tertiary alicyclic amines) is 1. The van der Waals surface area contributed by atoms with E-state index in [1.54, 1.807) is 42.7 Å². The number of hydrogen-bond acceptors (Lipinski definition) is 10. The third-order valence-electron chi connectivity index (χ3n) is 9.04. The van der Waals surface area contributed by atoms with Crippen molar-refractivity contribution in [2.75, 3.05) is 62.8 Å². The predicted molar refractivity (Wildman–Crippen MR) is 178 cm³/mol. The van der Waals surface area contributed by atoms with Crippen molar-refractivity contribution in [2.24, 2.45) is 5.92 Å². The number of nitrogens with zero attached hydrogens (tertiary/aromatic N) is 4. The highest BCUT2D eigenvalue weighted by atomic mass is 16.5. The van der Waals surface area contributed by atoms with Crippen LogP contribution in [-0.4, -0.2) is 94.7 Å². The second-order valence-corrected chi connectivity index (χ2v) is 11.8. The number of pyridine rings is 2. The molecule has 1 fully saturated rings. The molecule has 10 nitrogen and oxygen atoms in total. The Balaban J connectivity index is 1.24. The van der Waals surface area contributed by atoms with E-state index in [4.69, 9.17) is 33.4 Å². The largest absolute Gasteiger partial charge is 0.494 e. The van der Waals surface area contributed by atoms with Gasteiger partial charge in [-0.25, -0.2) is 0 Å². The maximum absolute atomic E-state index is 5.80. The van der Waals surface area contributed by atoms with Gasteiger partial charge in [0.15, 0.2) is 23.0 Å². The van der Waals surface area contributed by atoms with Gasteiger partial charge in [0.2, 0.25) is 5.75 Å². The number of likely N-dealkylation sites (N-methyl/N-ethyl adjacent to an activating group) is 1. The van der Waals surface area contributed by atoms with Gasteiger partial charge < -0.3 is 28.4 Å². The van der Waals surface area contributed by atoms with Crippen molar-refractivity contribution in [1.29, 1.82) is 0 Å². The van der Waals surface area contributed by atoms with Crippen LogP contribution in [0.3, 0.4) is 0 Å². The molecule has 0 spiro atoms. The summed E-state index contributed by atoms with van der Waals surface area (Å²) in [5, 5.41) is 0. The highest BCUT2D eigenvalue weighted by molar-refractivity contribution is 5.70. The van der Waals surface area contributed by atoms with Crippen molar-refractivity contribution in [3.05, 3.63) is 83.2 Å². The minimum Gasteiger partial charge on any atom is -0.494 e. The molecule has 1 aliphatic heterocycles. The Morgan fingerprint density at radius 3 is 2.13 bits per heavy atom. The Morgan fingerprint density at radius 2 is 1.50 bits per heavy atom. The second kappa shape index (κ2) is 15.0. The molecule has 0 saturated carbocycles. The summed E-state index contributed by atoms with van der Waals surface area (Å²) >= 11 is 0. The van der Waals surface area contributed by atoms with Crippen molar-refractivity contribution in [1.82, 2.24) is 19.8 Å². The van der Waals surface area contributed by atoms with Crippen molar-refractivity contribution in [3.8, 4) is 28.5 Å². The van der Waals surface area contributed by atoms with E-state index in [2.05, 4.69) is 53.0 Å². The molecule has 3 aromatic rings. The van der Waals surface area contributed by atoms with Gasteiger partial charge in [-0.15, -0.1) is 0 Å². The number of allylic oxidation sites excluding steroid dienone is 1. The van der Waals surface area contributed by atoms with Gasteiger partial charge in [-0.1, -0.05) is 6.92 Å². The van der Waals surface area contributed by atoms with Gasteiger partial charge in [-0.3, -0.25) is 19.8 Å². The molecule has 2 aliphatic rings. The number of rotatable bonds is 13. The van der Waals surface area contributed by atoms with Crippen LogP contribution in [-0.2, 0) is 27.3 Å². The monoisotopic (exact) mass is 630 g/mol. The third kappa shape index (κ3) is 6.99. The van der Waals surface area contributed by atoms with Crippen LogP contribution in [0.4, 0.5) is 0 Å². The van der Waals surface area contributed by atoms with E-state index in [0.717, 1.165) is 55.1 Å². The van der Waals surface area contributed by atoms with E-state index >= 15 is 0 Å². The molecule has 5 rings (SSSR count). The van der Waals surface area contributed by atoms with Crippen LogP contribution in [0.1, 0.15) is 30.2 Å². The first kappa shape index (κ1) is 33.2. The van der Waals surface area contributed by atoms with Crippen LogP contribution in [0.5, 0.6) is 17.2 Å². The lowest BCUT2D eigenvalue weighted by Crippen LogP contribution is -2.34. The molecule has 246 valence electrons. The summed E-state index contributed by atoms with van der Waals surface area (Å²) in [5.41, 5.74) is 6.22. The van der Waals surface area contributed by atoms with E-state index in [0.29, 0.717) is 34.8 Å². The van der Waals surface area contributed by atoms with Gasteiger partial charge >= 0.3 is 0 Å². The first-order valence-corrected chi connectivity index (χ1v) is 15.5. The Hall–Kier alpha value is -4.12. The Kier molecular flexibility index (Phi) is 10.8. The van der Waals surface area contributed by atoms with Crippen molar-refractivity contribution in [2.45, 2.75) is 38.6 Å². The molecule has 3 atom stereocenters. The topological polar surface area (TPSA) is 87.6 Å². The van der Waals surface area contributed by atoms with Gasteiger partial charge in [-0.2, -0.15) is 0 Å². The molecule has 0 amide bonds. The number of aromatic nitrogens is 2. The molecular formula is C36H46N4O6. The summed E-state index contributed by atoms with van der Waals surface area (Å²) in [7, 11) is 12.1. The number of benzene rings is 1. The van der Waals surface area contributed by atoms with Gasteiger partial charge in [0, 0.05) is 63.2 Å². The van der Waals surface area contributed by atoms with Gasteiger partial charge in [0.05, 0.1) is 46.9 Å². The van der Waals surface area contributed by atoms with E-state index in [1.165, 1.54) is 11.1 Å². The Labute approximate surface area is 272 Å². The molecule has 0 bridgehead atoms. The normalized spacial score (nSPS) is 20.1. The molecule has 3 heterocycles. The minimum absolute atomic E-state index is 0.0604. The van der Waals surface area contributed by atoms with E-state index < -0.39 is 0 Å². The third-order valence-corrected chi connectivity index (χ3v) is 9.04. The predicted octanol–water partition coefficient (Wildman–Crippen LogP) is 5.43. The Morgan fingerprint density at radius 1 is 0.826 bits per heavy atom. The molecule has 0 radical (unpaired) electrons. The first-order chi connectivity index (χ1) is 22.3. The lowest BCUT2D eigenvalue weighted by atomic mass is 9.86. The van der Waals surface area contributed by atoms with Crippen molar-refractivity contribution in [3.63, 3.8) is 0 Å². The highest BCUT2D eigenvalue weighted by Crippen LogP contribution is 2.41. The molecule has 0 N–H and O–H groups in total. The number of hydrogen-bond donors (Lipinski definition) is 0. The molecule has 10 heteroatoms. The fourth-order valence-corrected chi connectivity index (χ4v) is 6.55. The van der Waals surface area contributed by atoms with Crippen LogP contribution in [0.25, 0.3) is 16.8 Å². The van der Waals surface area contributed by atoms with E-state index in [1.807, 2.05) is 30.6 Å². The van der Waals surface area contributed by atoms with Crippen molar-refractivity contribution >= 4 is 5.57 Å². The zero-order valence-electron chi connectivity index (χ0n) is 28.2. The van der Waals surface area contributed by atoms with Crippen LogP contribution >= 0.6 is 0 Å². The SMILES string of the molecule is COC1=C(OC)C(OC)C(C)C(c2cc(CN(C)C3CCN(Cc4ccnc(-c5cc(OC)c(OC)c(OC)c5)c4)C3)ccn2)=C1. The summed E-state index contributed by atoms with van der Waals surface area (Å²) in [5.74, 6) is 3.21. The average molecular weight is 631 g/mol. The van der Waals surface area contributed by atoms with Crippen LogP contribution in [0.2, 0.25) is 0 Å². The standard InChI is InChI=1S/C36H46N4O6/c1-23-28(19-33(43-5)36(46-8)34(23)44-6)30-16-24(9-13-38-30)20-39(2)27-11-14-40(22-27)21-25-10-12-37-29(15-25)26-17-31(41-3)35(45-7)32(18-26)42-4/h9-10,12-13,15-19,23,27,34H,11,14,20-22H2,1-8H3. The summed E-state index contributed by atoms with van der Waals surface area (Å²) in [6.07, 6.45) is 6.66. The number of methoxy groups -OCH3 is 6. The van der Waals surface area contributed by atoms with Gasteiger partial charge in [0.1, 0.15) is 6.10 Å². The maximum atomic E-state index is 5.80. The second-order valence-electron chi connectivity index (χ2n) is 11.8. The molecule has 1 aromatic carbocycles. The van der Waals surface area contributed by atoms with Crippen LogP contribution < -0.4 is 14.2 Å². The Bertz CT molecular complexity index is 1550. The highest BCUT2D eigenvalue weighted by Gasteiger charge is 2.34. The minimum atomic E-state index is -0.240. The van der Waals surface area contributed by atoms with Gasteiger partial charge in [-0.05, 0) is 72.6 Å². The first-order valence-electron chi connectivity index (χ1n) is 15.5. The van der Waals surface area contributed by atoms with Crippen molar-refractivity contribution < 1.29 is 28.4 Å². The van der Waals surface area contributed by atoms with Crippen LogP contribution in [0, 0.1) is 5.92 Å². The zero-order chi connectivity index (χ0) is 32.8. The lowest BCUT2D eigenvalue weighted by Gasteiger charge is -2.31. The molecule has 46 heavy (non-hydrogen) atoms. The number of ether oxygens (including phenoxy) is 6. The maximum Gasteiger partial charge on any atom is 0.203 e. The summed E-state index contributed by atoms with van der Waals surface area (Å²) in [6, 6.07) is 12.8.